The van der Waals surface area contributed by atoms with Crippen molar-refractivity contribution in [2.45, 2.75) is 6.92 Å². The van der Waals surface area contributed by atoms with E-state index in [9.17, 15) is 0 Å². The summed E-state index contributed by atoms with van der Waals surface area (Å²) >= 11 is 0. The second-order valence-electron chi connectivity index (χ2n) is 6.81. The van der Waals surface area contributed by atoms with Crippen molar-refractivity contribution < 1.29 is 0 Å². The van der Waals surface area contributed by atoms with E-state index in [-0.39, 0.29) is 0 Å². The highest BCUT2D eigenvalue weighted by Gasteiger charge is 2.29. The van der Waals surface area contributed by atoms with E-state index in [0.717, 1.165) is 6.67 Å². The third-order valence-electron chi connectivity index (χ3n) is 5.18. The van der Waals surface area contributed by atoms with Crippen molar-refractivity contribution in [2.75, 3.05) is 16.5 Å². The molecule has 0 radical (unpaired) electrons. The molecule has 5 rings (SSSR count). The molecule has 1 heterocycles. The van der Waals surface area contributed by atoms with Crippen molar-refractivity contribution in [3.8, 4) is 0 Å². The van der Waals surface area contributed by atoms with Gasteiger partial charge in [-0.05, 0) is 53.6 Å². The fourth-order valence-electron chi connectivity index (χ4n) is 3.84. The topological polar surface area (TPSA) is 6.48 Å². The molecular formula is C24H20N2. The molecule has 0 saturated carbocycles. The average Bonchev–Trinajstić information content (AvgIpc) is 3.05. The summed E-state index contributed by atoms with van der Waals surface area (Å²) in [7, 11) is 0. The minimum Gasteiger partial charge on any atom is -0.321 e. The lowest BCUT2D eigenvalue weighted by Gasteiger charge is -2.23. The van der Waals surface area contributed by atoms with Crippen molar-refractivity contribution in [3.05, 3.63) is 96.6 Å². The zero-order valence-electron chi connectivity index (χ0n) is 14.8. The second-order valence-corrected chi connectivity index (χ2v) is 6.81. The molecule has 126 valence electrons. The van der Waals surface area contributed by atoms with Crippen LogP contribution in [0, 0.1) is 6.92 Å². The van der Waals surface area contributed by atoms with Crippen LogP contribution < -0.4 is 9.80 Å². The van der Waals surface area contributed by atoms with Gasteiger partial charge in [0.1, 0.15) is 6.67 Å². The summed E-state index contributed by atoms with van der Waals surface area (Å²) in [6.45, 7) is 3.00. The molecule has 2 heteroatoms. The van der Waals surface area contributed by atoms with Crippen LogP contribution in [0.1, 0.15) is 5.56 Å². The van der Waals surface area contributed by atoms with E-state index in [4.69, 9.17) is 0 Å². The second kappa shape index (κ2) is 5.92. The van der Waals surface area contributed by atoms with Gasteiger partial charge in [-0.1, -0.05) is 60.7 Å². The molecule has 0 saturated heterocycles. The Bertz CT molecular complexity index is 1090. The predicted octanol–water partition coefficient (Wildman–Crippen LogP) is 6.40. The van der Waals surface area contributed by atoms with Crippen molar-refractivity contribution >= 4 is 33.5 Å². The molecule has 0 N–H and O–H groups in total. The van der Waals surface area contributed by atoms with Crippen LogP contribution >= 0.6 is 0 Å². The molecule has 2 nitrogen and oxygen atoms in total. The molecule has 0 unspecified atom stereocenters. The zero-order valence-corrected chi connectivity index (χ0v) is 14.8. The summed E-state index contributed by atoms with van der Waals surface area (Å²) in [5, 5.41) is 2.55. The van der Waals surface area contributed by atoms with Gasteiger partial charge in [0.05, 0.1) is 11.4 Å². The largest absolute Gasteiger partial charge is 0.321 e. The van der Waals surface area contributed by atoms with Crippen LogP contribution in [0.25, 0.3) is 10.8 Å². The maximum absolute atomic E-state index is 2.42. The van der Waals surface area contributed by atoms with Crippen molar-refractivity contribution in [2.24, 2.45) is 0 Å². The van der Waals surface area contributed by atoms with Gasteiger partial charge in [-0.25, -0.2) is 0 Å². The Morgan fingerprint density at radius 2 is 1.15 bits per heavy atom. The van der Waals surface area contributed by atoms with Crippen LogP contribution in [-0.2, 0) is 0 Å². The average molecular weight is 336 g/mol. The van der Waals surface area contributed by atoms with Crippen molar-refractivity contribution in [3.63, 3.8) is 0 Å². The predicted molar refractivity (Wildman–Crippen MR) is 111 cm³/mol. The van der Waals surface area contributed by atoms with E-state index in [1.165, 1.54) is 39.1 Å². The number of anilines is 4. The van der Waals surface area contributed by atoms with Gasteiger partial charge in [-0.15, -0.1) is 0 Å². The summed E-state index contributed by atoms with van der Waals surface area (Å²) in [5.74, 6) is 0. The number of para-hydroxylation sites is 2. The van der Waals surface area contributed by atoms with Gasteiger partial charge in [-0.2, -0.15) is 0 Å². The minimum absolute atomic E-state index is 0.820. The maximum atomic E-state index is 2.42. The molecule has 4 aromatic carbocycles. The van der Waals surface area contributed by atoms with Gasteiger partial charge in [0.2, 0.25) is 0 Å². The highest BCUT2D eigenvalue weighted by atomic mass is 15.4. The molecule has 0 aromatic heterocycles. The molecule has 4 aromatic rings. The SMILES string of the molecule is Cc1ccccc1N1CN(c2ccccc2)c2cc3ccccc3cc21. The monoisotopic (exact) mass is 336 g/mol. The van der Waals surface area contributed by atoms with Crippen molar-refractivity contribution in [1.29, 1.82) is 0 Å². The molecule has 26 heavy (non-hydrogen) atoms. The molecule has 0 amide bonds. The number of hydrogen-bond acceptors (Lipinski definition) is 2. The Balaban J connectivity index is 1.74. The Labute approximate surface area is 153 Å². The number of benzene rings is 4. The summed E-state index contributed by atoms with van der Waals surface area (Å²) in [6, 6.07) is 32.5. The van der Waals surface area contributed by atoms with E-state index < -0.39 is 0 Å². The molecule has 0 aliphatic carbocycles. The smallest absolute Gasteiger partial charge is 0.100 e. The highest BCUT2D eigenvalue weighted by molar-refractivity contribution is 5.98. The lowest BCUT2D eigenvalue weighted by atomic mass is 10.1. The van der Waals surface area contributed by atoms with Crippen LogP contribution in [0.5, 0.6) is 0 Å². The Hall–Kier alpha value is -3.26. The minimum atomic E-state index is 0.820. The number of nitrogens with zero attached hydrogens (tertiary/aromatic N) is 2. The molecule has 0 bridgehead atoms. The quantitative estimate of drug-likeness (QED) is 0.418. The van der Waals surface area contributed by atoms with Crippen LogP contribution in [0.4, 0.5) is 22.7 Å². The maximum Gasteiger partial charge on any atom is 0.100 e. The number of hydrogen-bond donors (Lipinski definition) is 0. The van der Waals surface area contributed by atoms with Crippen LogP contribution in [0.3, 0.4) is 0 Å². The summed E-state index contributed by atoms with van der Waals surface area (Å²) in [6.07, 6.45) is 0. The Kier molecular flexibility index (Phi) is 3.42. The third-order valence-corrected chi connectivity index (χ3v) is 5.18. The van der Waals surface area contributed by atoms with E-state index in [1.807, 2.05) is 0 Å². The van der Waals surface area contributed by atoms with Crippen molar-refractivity contribution in [1.82, 2.24) is 0 Å². The zero-order chi connectivity index (χ0) is 17.5. The van der Waals surface area contributed by atoms with Gasteiger partial charge in [0.25, 0.3) is 0 Å². The van der Waals surface area contributed by atoms with E-state index in [1.54, 1.807) is 0 Å². The third kappa shape index (κ3) is 2.34. The molecular weight excluding hydrogens is 316 g/mol. The van der Waals surface area contributed by atoms with Gasteiger partial charge in [0, 0.05) is 11.4 Å². The summed E-state index contributed by atoms with van der Waals surface area (Å²) < 4.78 is 0. The fraction of sp³-hybridized carbons (Fsp3) is 0.0833. The molecule has 0 fully saturated rings. The lowest BCUT2D eigenvalue weighted by Crippen LogP contribution is -2.24. The Morgan fingerprint density at radius 3 is 1.85 bits per heavy atom. The first-order valence-corrected chi connectivity index (χ1v) is 9.00. The first kappa shape index (κ1) is 15.0. The first-order chi connectivity index (χ1) is 12.8. The van der Waals surface area contributed by atoms with Gasteiger partial charge in [0.15, 0.2) is 0 Å². The van der Waals surface area contributed by atoms with Crippen LogP contribution in [0.2, 0.25) is 0 Å². The molecule has 1 aliphatic rings. The van der Waals surface area contributed by atoms with Crippen LogP contribution in [-0.4, -0.2) is 6.67 Å². The lowest BCUT2D eigenvalue weighted by molar-refractivity contribution is 0.986. The fourth-order valence-corrected chi connectivity index (χ4v) is 3.84. The molecule has 0 atom stereocenters. The van der Waals surface area contributed by atoms with Crippen LogP contribution in [0.15, 0.2) is 91.0 Å². The number of rotatable bonds is 2. The normalized spacial score (nSPS) is 13.3. The van der Waals surface area contributed by atoms with Gasteiger partial charge < -0.3 is 9.80 Å². The highest BCUT2D eigenvalue weighted by Crippen LogP contribution is 2.46. The Morgan fingerprint density at radius 1 is 0.577 bits per heavy atom. The number of fused-ring (bicyclic) bond motifs is 2. The standard InChI is InChI=1S/C24H20N2/c1-18-9-5-8-14-22(18)26-17-25(21-12-3-2-4-13-21)23-15-19-10-6-7-11-20(19)16-24(23)26/h2-16H,17H2,1H3. The molecule has 1 aliphatic heterocycles. The van der Waals surface area contributed by atoms with E-state index in [0.29, 0.717) is 0 Å². The van der Waals surface area contributed by atoms with Gasteiger partial charge >= 0.3 is 0 Å². The number of aryl methyl sites for hydroxylation is 1. The summed E-state index contributed by atoms with van der Waals surface area (Å²) in [4.78, 5) is 4.82. The van der Waals surface area contributed by atoms with Gasteiger partial charge in [-0.3, -0.25) is 0 Å². The van der Waals surface area contributed by atoms with E-state index >= 15 is 0 Å². The first-order valence-electron chi connectivity index (χ1n) is 9.00. The summed E-state index contributed by atoms with van der Waals surface area (Å²) in [5.41, 5.74) is 6.31. The molecule has 0 spiro atoms. The van der Waals surface area contributed by atoms with E-state index in [2.05, 4.69) is 108 Å².